The molecule has 3 aliphatic heterocycles. The molecular formula is C20H30N5O16P. The third-order valence-electron chi connectivity index (χ3n) is 6.80. The summed E-state index contributed by atoms with van der Waals surface area (Å²) in [6.07, 6.45) is -13.1. The Morgan fingerprint density at radius 1 is 1.02 bits per heavy atom. The van der Waals surface area contributed by atoms with Crippen molar-refractivity contribution in [2.45, 2.75) is 73.7 Å². The van der Waals surface area contributed by atoms with Gasteiger partial charge in [0, 0.05) is 0 Å². The minimum absolute atomic E-state index is 0.135. The van der Waals surface area contributed by atoms with Gasteiger partial charge in [0.05, 0.1) is 51.2 Å². The van der Waals surface area contributed by atoms with Gasteiger partial charge in [0.2, 0.25) is 5.95 Å². The molecule has 11 N–H and O–H groups in total. The van der Waals surface area contributed by atoms with E-state index in [1.807, 2.05) is 0 Å². The molecule has 0 unspecified atom stereocenters. The van der Waals surface area contributed by atoms with Crippen LogP contribution in [0.1, 0.15) is 19.1 Å². The fourth-order valence-electron chi connectivity index (χ4n) is 4.87. The Labute approximate surface area is 234 Å². The van der Waals surface area contributed by atoms with Gasteiger partial charge in [0.25, 0.3) is 17.5 Å². The Bertz CT molecular complexity index is 1360. The van der Waals surface area contributed by atoms with Gasteiger partial charge in [-0.1, -0.05) is 0 Å². The number of hydrogen-bond acceptors (Lipinski definition) is 19. The number of anilines is 1. The number of ether oxygens (including phenoxy) is 3. The van der Waals surface area contributed by atoms with E-state index in [1.165, 1.54) is 0 Å². The Kier molecular flexibility index (Phi) is 8.48. The van der Waals surface area contributed by atoms with Crippen LogP contribution in [0.4, 0.5) is 5.95 Å². The smallest absolute Gasteiger partial charge is 0.394 e. The van der Waals surface area contributed by atoms with Gasteiger partial charge in [-0.25, -0.2) is 18.6 Å². The number of aliphatic hydroxyl groups excluding tert-OH is 6. The number of aromatic amines is 1. The summed E-state index contributed by atoms with van der Waals surface area (Å²) >= 11 is 0. The normalized spacial score (nSPS) is 39.0. The average Bonchev–Trinajstić information content (AvgIpc) is 3.61. The molecule has 3 fully saturated rings. The molecule has 0 bridgehead atoms. The first-order valence-electron chi connectivity index (χ1n) is 12.5. The molecule has 3 saturated heterocycles. The maximum absolute atomic E-state index is 14.0. The second kappa shape index (κ2) is 11.4. The fraction of sp³-hybridized carbons (Fsp3) is 0.750. The summed E-state index contributed by atoms with van der Waals surface area (Å²) < 4.78 is 46.5. The minimum atomic E-state index is -5.48. The Balaban J connectivity index is 1.46. The average molecular weight is 627 g/mol. The topological polar surface area (TPSA) is 324 Å². The van der Waals surface area contributed by atoms with Crippen molar-refractivity contribution in [3.8, 4) is 0 Å². The first kappa shape index (κ1) is 31.3. The molecule has 0 aromatic carbocycles. The molecule has 3 aliphatic rings. The number of phosphoric acid groups is 1. The number of imidazole rings is 1. The number of aliphatic hydroxyl groups is 8. The number of rotatable bonds is 10. The van der Waals surface area contributed by atoms with Crippen LogP contribution in [0.2, 0.25) is 0 Å². The predicted molar refractivity (Wildman–Crippen MR) is 129 cm³/mol. The van der Waals surface area contributed by atoms with Gasteiger partial charge in [-0.3, -0.25) is 18.9 Å². The van der Waals surface area contributed by atoms with E-state index in [0.29, 0.717) is 0 Å². The van der Waals surface area contributed by atoms with Gasteiger partial charge in [-0.15, -0.1) is 0 Å². The van der Waals surface area contributed by atoms with Crippen LogP contribution >= 0.6 is 7.82 Å². The van der Waals surface area contributed by atoms with Crippen LogP contribution in [0.3, 0.4) is 0 Å². The number of nitrogens with two attached hydrogens (primary N) is 1. The Morgan fingerprint density at radius 2 is 1.57 bits per heavy atom. The van der Waals surface area contributed by atoms with E-state index in [1.54, 1.807) is 0 Å². The number of nitrogens with zero attached hydrogens (tertiary/aromatic N) is 3. The molecular weight excluding hydrogens is 597 g/mol. The molecule has 2 aromatic heterocycles. The summed E-state index contributed by atoms with van der Waals surface area (Å²) in [5.74, 6) is -6.19. The molecule has 236 valence electrons. The van der Waals surface area contributed by atoms with Crippen molar-refractivity contribution in [1.82, 2.24) is 19.5 Å². The van der Waals surface area contributed by atoms with E-state index in [9.17, 15) is 50.2 Å². The van der Waals surface area contributed by atoms with Gasteiger partial charge < -0.3 is 60.8 Å². The molecule has 10 atom stereocenters. The molecule has 2 aromatic rings. The Morgan fingerprint density at radius 3 is 2.07 bits per heavy atom. The molecule has 0 radical (unpaired) electrons. The van der Waals surface area contributed by atoms with E-state index in [-0.39, 0.29) is 17.1 Å². The minimum Gasteiger partial charge on any atom is -0.394 e. The summed E-state index contributed by atoms with van der Waals surface area (Å²) in [5, 5.41) is 81.5. The highest BCUT2D eigenvalue weighted by Gasteiger charge is 2.59. The maximum atomic E-state index is 14.0. The third-order valence-corrected chi connectivity index (χ3v) is 8.32. The van der Waals surface area contributed by atoms with Crippen LogP contribution in [0.15, 0.2) is 11.1 Å². The summed E-state index contributed by atoms with van der Waals surface area (Å²) in [7, 11) is -5.48. The molecule has 0 amide bonds. The van der Waals surface area contributed by atoms with Crippen molar-refractivity contribution >= 4 is 24.9 Å². The number of phosphoric ester groups is 1. The van der Waals surface area contributed by atoms with Crippen LogP contribution in [-0.4, -0.2) is 135 Å². The van der Waals surface area contributed by atoms with Crippen LogP contribution in [0, 0.1) is 0 Å². The lowest BCUT2D eigenvalue weighted by Crippen LogP contribution is -2.40. The summed E-state index contributed by atoms with van der Waals surface area (Å²) in [6.45, 7) is -2.46. The lowest BCUT2D eigenvalue weighted by molar-refractivity contribution is -0.345. The number of aromatic nitrogens is 4. The molecule has 5 heterocycles. The fourth-order valence-corrected chi connectivity index (χ4v) is 6.49. The molecule has 0 aliphatic carbocycles. The van der Waals surface area contributed by atoms with Gasteiger partial charge in [0.1, 0.15) is 30.5 Å². The van der Waals surface area contributed by atoms with Crippen molar-refractivity contribution in [1.29, 1.82) is 0 Å². The van der Waals surface area contributed by atoms with Gasteiger partial charge in [0.15, 0.2) is 17.4 Å². The lowest BCUT2D eigenvalue weighted by atomic mass is 10.1. The lowest BCUT2D eigenvalue weighted by Gasteiger charge is -2.33. The number of hydrogen-bond donors (Lipinski definition) is 10. The van der Waals surface area contributed by atoms with E-state index in [0.717, 1.165) is 10.9 Å². The molecule has 21 nitrogen and oxygen atoms in total. The van der Waals surface area contributed by atoms with Crippen molar-refractivity contribution < 1.29 is 73.2 Å². The van der Waals surface area contributed by atoms with Gasteiger partial charge in [-0.2, -0.15) is 4.98 Å². The third kappa shape index (κ3) is 5.83. The van der Waals surface area contributed by atoms with E-state index in [4.69, 9.17) is 33.5 Å². The van der Waals surface area contributed by atoms with Crippen molar-refractivity contribution in [3.05, 3.63) is 16.7 Å². The first-order chi connectivity index (χ1) is 19.7. The van der Waals surface area contributed by atoms with E-state index in [2.05, 4.69) is 15.0 Å². The predicted octanol–water partition coefficient (Wildman–Crippen LogP) is -4.94. The van der Waals surface area contributed by atoms with Crippen LogP contribution < -0.4 is 11.3 Å². The van der Waals surface area contributed by atoms with Crippen LogP contribution in [0.25, 0.3) is 11.2 Å². The number of fused-ring (bicyclic) bond motifs is 1. The quantitative estimate of drug-likeness (QED) is 0.0871. The molecule has 5 rings (SSSR count). The molecule has 0 saturated carbocycles. The summed E-state index contributed by atoms with van der Waals surface area (Å²) in [6, 6.07) is 0. The molecule has 42 heavy (non-hydrogen) atoms. The van der Waals surface area contributed by atoms with Gasteiger partial charge in [-0.05, 0) is 0 Å². The largest absolute Gasteiger partial charge is 0.484 e. The second-order valence-electron chi connectivity index (χ2n) is 9.86. The number of nitrogens with one attached hydrogen (secondary N) is 1. The standard InChI is InChI=1S/C20H30N5O16P/c21-18-23-15-12(16(32)24-18)22-6-25(15)17-13(31)14(11(5-28)36-17)39-42(35,40-19(33)1-7(29)9(3-26)37-19)41-20(34)2-8(30)10(4-27)38-20/h6-11,13-14,17,26-31,33-34H,1-5H2,(H3,21,23,24,32)/t7-,8-,9+,10+,11-,13-,14-,17-,19-,20-/m1/s1. The zero-order valence-corrected chi connectivity index (χ0v) is 22.3. The summed E-state index contributed by atoms with van der Waals surface area (Å²) in [4.78, 5) is 22.3. The Hall–Kier alpha value is -2.18. The highest BCUT2D eigenvalue weighted by molar-refractivity contribution is 7.48. The van der Waals surface area contributed by atoms with Crippen molar-refractivity contribution in [2.75, 3.05) is 25.6 Å². The maximum Gasteiger partial charge on any atom is 0.484 e. The zero-order chi connectivity index (χ0) is 30.6. The number of H-pyrrole nitrogens is 1. The SMILES string of the molecule is Nc1nc2c(ncn2[C@@H]2O[C@H](CO)[C@@H](OP(=O)(O[C@@]3(O)C[C@@H](O)[C@H](CO)O3)O[C@@]3(O)C[C@@H](O)[C@H](CO)O3)[C@H]2O)c(=O)[nH]1. The highest BCUT2D eigenvalue weighted by atomic mass is 31.2. The molecule has 0 spiro atoms. The number of nitrogen functional groups attached to an aromatic ring is 1. The first-order valence-corrected chi connectivity index (χ1v) is 13.9. The van der Waals surface area contributed by atoms with Crippen molar-refractivity contribution in [3.63, 3.8) is 0 Å². The molecule has 22 heteroatoms. The van der Waals surface area contributed by atoms with Crippen molar-refractivity contribution in [2.24, 2.45) is 0 Å². The second-order valence-corrected chi connectivity index (χ2v) is 11.3. The van der Waals surface area contributed by atoms with E-state index < -0.39 is 107 Å². The van der Waals surface area contributed by atoms with Crippen LogP contribution in [-0.2, 0) is 32.3 Å². The van der Waals surface area contributed by atoms with E-state index >= 15 is 0 Å². The summed E-state index contributed by atoms with van der Waals surface area (Å²) in [5.41, 5.74) is 4.58. The zero-order valence-electron chi connectivity index (χ0n) is 21.4. The van der Waals surface area contributed by atoms with Gasteiger partial charge >= 0.3 is 7.82 Å². The highest BCUT2D eigenvalue weighted by Crippen LogP contribution is 2.60. The monoisotopic (exact) mass is 627 g/mol. The van der Waals surface area contributed by atoms with Crippen LogP contribution in [0.5, 0.6) is 0 Å².